The molecule has 5 heteroatoms. The van der Waals surface area contributed by atoms with Crippen LogP contribution in [0.15, 0.2) is 54.6 Å². The number of carboxylic acid groups (broad SMARTS) is 1. The predicted molar refractivity (Wildman–Crippen MR) is 121 cm³/mol. The number of carbonyl (C=O) groups excluding carboxylic acids is 1. The minimum Gasteiger partial charge on any atom is -0.489 e. The van der Waals surface area contributed by atoms with Crippen LogP contribution in [-0.4, -0.2) is 23.0 Å². The Balaban J connectivity index is 1.51. The van der Waals surface area contributed by atoms with Crippen LogP contribution in [-0.2, 0) is 22.6 Å². The second-order valence-electron chi connectivity index (χ2n) is 8.88. The summed E-state index contributed by atoms with van der Waals surface area (Å²) in [5, 5.41) is 12.4. The first-order chi connectivity index (χ1) is 14.9. The molecule has 0 aromatic heterocycles. The molecule has 2 aromatic carbocycles. The zero-order chi connectivity index (χ0) is 22.2. The third kappa shape index (κ3) is 6.84. The molecule has 1 saturated carbocycles. The van der Waals surface area contributed by atoms with Crippen LogP contribution in [0.4, 0.5) is 0 Å². The first-order valence-corrected chi connectivity index (χ1v) is 11.2. The third-order valence-corrected chi connectivity index (χ3v) is 6.31. The van der Waals surface area contributed by atoms with Crippen molar-refractivity contribution in [1.82, 2.24) is 5.32 Å². The third-order valence-electron chi connectivity index (χ3n) is 6.31. The van der Waals surface area contributed by atoms with Gasteiger partial charge in [0, 0.05) is 12.3 Å². The van der Waals surface area contributed by atoms with E-state index in [0.29, 0.717) is 18.4 Å². The SMILES string of the molecule is CC(C)C1CCC(C(=O)N[C@H](Cc2ccc(OCc3ccccc3)cc2)C(=O)O)CC1. The van der Waals surface area contributed by atoms with Gasteiger partial charge in [-0.25, -0.2) is 4.79 Å². The second kappa shape index (κ2) is 11.0. The molecule has 0 bridgehead atoms. The fourth-order valence-electron chi connectivity index (χ4n) is 4.24. The van der Waals surface area contributed by atoms with Gasteiger partial charge in [-0.1, -0.05) is 56.3 Å². The summed E-state index contributed by atoms with van der Waals surface area (Å²) in [5.41, 5.74) is 1.94. The van der Waals surface area contributed by atoms with Crippen molar-refractivity contribution in [3.8, 4) is 5.75 Å². The topological polar surface area (TPSA) is 75.6 Å². The standard InChI is InChI=1S/C26H33NO4/c1-18(2)21-10-12-22(13-11-21)25(28)27-24(26(29)30)16-19-8-14-23(15-9-19)31-17-20-6-4-3-5-7-20/h3-9,14-15,18,21-22,24H,10-13,16-17H2,1-2H3,(H,27,28)(H,29,30)/t21?,22?,24-/m1/s1. The summed E-state index contributed by atoms with van der Waals surface area (Å²) in [4.78, 5) is 24.4. The number of carbonyl (C=O) groups is 2. The van der Waals surface area contributed by atoms with Crippen LogP contribution in [0.25, 0.3) is 0 Å². The van der Waals surface area contributed by atoms with E-state index in [9.17, 15) is 14.7 Å². The quantitative estimate of drug-likeness (QED) is 0.605. The van der Waals surface area contributed by atoms with E-state index in [0.717, 1.165) is 42.6 Å². The highest BCUT2D eigenvalue weighted by Gasteiger charge is 2.30. The largest absolute Gasteiger partial charge is 0.489 e. The molecular weight excluding hydrogens is 390 g/mol. The van der Waals surface area contributed by atoms with Gasteiger partial charge in [-0.3, -0.25) is 4.79 Å². The van der Waals surface area contributed by atoms with Crippen molar-refractivity contribution >= 4 is 11.9 Å². The highest BCUT2D eigenvalue weighted by atomic mass is 16.5. The van der Waals surface area contributed by atoms with Crippen LogP contribution in [0.2, 0.25) is 0 Å². The number of carboxylic acids is 1. The molecule has 2 N–H and O–H groups in total. The van der Waals surface area contributed by atoms with Gasteiger partial charge in [0.15, 0.2) is 0 Å². The van der Waals surface area contributed by atoms with Gasteiger partial charge in [0.2, 0.25) is 5.91 Å². The van der Waals surface area contributed by atoms with Gasteiger partial charge in [-0.05, 0) is 60.8 Å². The Labute approximate surface area is 184 Å². The number of benzene rings is 2. The molecular formula is C26H33NO4. The molecule has 2 aromatic rings. The summed E-state index contributed by atoms with van der Waals surface area (Å²) in [7, 11) is 0. The zero-order valence-corrected chi connectivity index (χ0v) is 18.4. The molecule has 0 radical (unpaired) electrons. The Morgan fingerprint density at radius 2 is 1.61 bits per heavy atom. The first-order valence-electron chi connectivity index (χ1n) is 11.2. The van der Waals surface area contributed by atoms with Gasteiger partial charge in [-0.2, -0.15) is 0 Å². The van der Waals surface area contributed by atoms with E-state index in [2.05, 4.69) is 19.2 Å². The minimum absolute atomic E-state index is 0.0781. The van der Waals surface area contributed by atoms with E-state index >= 15 is 0 Å². The maximum absolute atomic E-state index is 12.7. The van der Waals surface area contributed by atoms with Crippen molar-refractivity contribution in [3.05, 3.63) is 65.7 Å². The van der Waals surface area contributed by atoms with Gasteiger partial charge in [0.05, 0.1) is 0 Å². The average molecular weight is 424 g/mol. The molecule has 1 amide bonds. The maximum atomic E-state index is 12.7. The van der Waals surface area contributed by atoms with Crippen molar-refractivity contribution in [2.45, 2.75) is 58.6 Å². The number of ether oxygens (including phenoxy) is 1. The van der Waals surface area contributed by atoms with E-state index in [1.807, 2.05) is 54.6 Å². The van der Waals surface area contributed by atoms with E-state index in [1.165, 1.54) is 0 Å². The molecule has 5 nitrogen and oxygen atoms in total. The normalized spacial score (nSPS) is 19.6. The van der Waals surface area contributed by atoms with E-state index in [4.69, 9.17) is 4.74 Å². The zero-order valence-electron chi connectivity index (χ0n) is 18.4. The van der Waals surface area contributed by atoms with Crippen molar-refractivity contribution < 1.29 is 19.4 Å². The van der Waals surface area contributed by atoms with Gasteiger partial charge < -0.3 is 15.2 Å². The number of aliphatic carboxylic acids is 1. The van der Waals surface area contributed by atoms with Crippen LogP contribution in [0, 0.1) is 17.8 Å². The number of hydrogen-bond acceptors (Lipinski definition) is 3. The summed E-state index contributed by atoms with van der Waals surface area (Å²) in [6.07, 6.45) is 4.01. The average Bonchev–Trinajstić information content (AvgIpc) is 2.78. The fourth-order valence-corrected chi connectivity index (χ4v) is 4.24. The van der Waals surface area contributed by atoms with E-state index < -0.39 is 12.0 Å². The Bertz CT molecular complexity index is 839. The highest BCUT2D eigenvalue weighted by Crippen LogP contribution is 2.33. The monoisotopic (exact) mass is 423 g/mol. The molecule has 0 spiro atoms. The van der Waals surface area contributed by atoms with E-state index in [1.54, 1.807) is 0 Å². The lowest BCUT2D eigenvalue weighted by atomic mass is 9.76. The highest BCUT2D eigenvalue weighted by molar-refractivity contribution is 5.85. The second-order valence-corrected chi connectivity index (χ2v) is 8.88. The summed E-state index contributed by atoms with van der Waals surface area (Å²) >= 11 is 0. The van der Waals surface area contributed by atoms with Crippen molar-refractivity contribution in [1.29, 1.82) is 0 Å². The summed E-state index contributed by atoms with van der Waals surface area (Å²) < 4.78 is 5.78. The van der Waals surface area contributed by atoms with Crippen LogP contribution in [0.3, 0.4) is 0 Å². The molecule has 3 rings (SSSR count). The Morgan fingerprint density at radius 1 is 0.968 bits per heavy atom. The van der Waals surface area contributed by atoms with Crippen LogP contribution in [0.5, 0.6) is 5.75 Å². The number of hydrogen-bond donors (Lipinski definition) is 2. The van der Waals surface area contributed by atoms with Gasteiger partial charge >= 0.3 is 5.97 Å². The predicted octanol–water partition coefficient (Wildman–Crippen LogP) is 4.84. The number of amides is 1. The molecule has 0 aliphatic heterocycles. The molecule has 1 aliphatic rings. The van der Waals surface area contributed by atoms with Crippen LogP contribution < -0.4 is 10.1 Å². The molecule has 0 saturated heterocycles. The molecule has 0 heterocycles. The van der Waals surface area contributed by atoms with Gasteiger partial charge in [0.25, 0.3) is 0 Å². The van der Waals surface area contributed by atoms with Crippen molar-refractivity contribution in [3.63, 3.8) is 0 Å². The summed E-state index contributed by atoms with van der Waals surface area (Å²) in [6, 6.07) is 16.4. The van der Waals surface area contributed by atoms with Crippen LogP contribution >= 0.6 is 0 Å². The fraction of sp³-hybridized carbons (Fsp3) is 0.462. The Hall–Kier alpha value is -2.82. The molecule has 166 valence electrons. The summed E-state index contributed by atoms with van der Waals surface area (Å²) in [6.45, 7) is 4.93. The number of rotatable bonds is 9. The smallest absolute Gasteiger partial charge is 0.326 e. The van der Waals surface area contributed by atoms with Crippen LogP contribution in [0.1, 0.15) is 50.7 Å². The molecule has 1 aliphatic carbocycles. The molecule has 1 fully saturated rings. The lowest BCUT2D eigenvalue weighted by Gasteiger charge is -2.30. The molecule has 1 atom stereocenters. The van der Waals surface area contributed by atoms with Crippen molar-refractivity contribution in [2.24, 2.45) is 17.8 Å². The maximum Gasteiger partial charge on any atom is 0.326 e. The lowest BCUT2D eigenvalue weighted by molar-refractivity contribution is -0.142. The van der Waals surface area contributed by atoms with E-state index in [-0.39, 0.29) is 18.2 Å². The Morgan fingerprint density at radius 3 is 2.19 bits per heavy atom. The van der Waals surface area contributed by atoms with Crippen molar-refractivity contribution in [2.75, 3.05) is 0 Å². The van der Waals surface area contributed by atoms with Gasteiger partial charge in [0.1, 0.15) is 18.4 Å². The number of nitrogens with one attached hydrogen (secondary N) is 1. The first kappa shape index (κ1) is 22.9. The molecule has 31 heavy (non-hydrogen) atoms. The van der Waals surface area contributed by atoms with Gasteiger partial charge in [-0.15, -0.1) is 0 Å². The minimum atomic E-state index is -1.01. The summed E-state index contributed by atoms with van der Waals surface area (Å²) in [5.74, 6) is 0.819. The Kier molecular flexibility index (Phi) is 8.10. The lowest BCUT2D eigenvalue weighted by Crippen LogP contribution is -2.45. The molecule has 0 unspecified atom stereocenters.